The van der Waals surface area contributed by atoms with Gasteiger partial charge in [0.05, 0.1) is 0 Å². The molecule has 3 heterocycles. The summed E-state index contributed by atoms with van der Waals surface area (Å²) in [6, 6.07) is 8.80. The van der Waals surface area contributed by atoms with Gasteiger partial charge < -0.3 is 14.4 Å². The Kier molecular flexibility index (Phi) is 4.47. The monoisotopic (exact) mass is 351 g/mol. The SMILES string of the molecule is C#CCOc1ccccc1CN1[C@@H]2CC[C@H]1CC(O)(c1nccn1C)C2. The molecule has 26 heavy (non-hydrogen) atoms. The van der Waals surface area contributed by atoms with Crippen LogP contribution >= 0.6 is 0 Å². The number of fused-ring (bicyclic) bond motifs is 2. The third kappa shape index (κ3) is 3.00. The van der Waals surface area contributed by atoms with Crippen molar-refractivity contribution in [3.63, 3.8) is 0 Å². The molecule has 0 saturated carbocycles. The number of hydrogen-bond acceptors (Lipinski definition) is 4. The van der Waals surface area contributed by atoms with Gasteiger partial charge in [-0.25, -0.2) is 4.98 Å². The number of imidazole rings is 1. The first-order valence-electron chi connectivity index (χ1n) is 9.21. The normalized spacial score (nSPS) is 28.0. The molecule has 4 rings (SSSR count). The summed E-state index contributed by atoms with van der Waals surface area (Å²) in [5, 5.41) is 11.3. The molecule has 2 fully saturated rings. The van der Waals surface area contributed by atoms with Crippen LogP contribution in [0.3, 0.4) is 0 Å². The van der Waals surface area contributed by atoms with E-state index in [1.807, 2.05) is 36.0 Å². The lowest BCUT2D eigenvalue weighted by Gasteiger charge is -2.43. The standard InChI is InChI=1S/C21H25N3O2/c1-3-12-26-19-7-5-4-6-16(19)15-24-17-8-9-18(24)14-21(25,13-17)20-22-10-11-23(20)2/h1,4-7,10-11,17-18,25H,8-9,12-15H2,2H3/t17-,18+,21?. The number of aliphatic hydroxyl groups is 1. The van der Waals surface area contributed by atoms with Crippen molar-refractivity contribution >= 4 is 0 Å². The molecule has 2 saturated heterocycles. The largest absolute Gasteiger partial charge is 0.481 e. The van der Waals surface area contributed by atoms with Crippen LogP contribution in [0.15, 0.2) is 36.7 Å². The maximum Gasteiger partial charge on any atom is 0.148 e. The highest BCUT2D eigenvalue weighted by Gasteiger charge is 2.49. The second-order valence-corrected chi connectivity index (χ2v) is 7.46. The zero-order valence-corrected chi connectivity index (χ0v) is 15.1. The third-order valence-electron chi connectivity index (χ3n) is 5.79. The molecule has 1 unspecified atom stereocenters. The molecule has 0 amide bonds. The first-order chi connectivity index (χ1) is 12.6. The zero-order valence-electron chi connectivity index (χ0n) is 15.1. The highest BCUT2D eigenvalue weighted by molar-refractivity contribution is 5.34. The van der Waals surface area contributed by atoms with Gasteiger partial charge in [0.15, 0.2) is 0 Å². The van der Waals surface area contributed by atoms with E-state index in [0.717, 1.165) is 49.4 Å². The molecule has 2 bridgehead atoms. The average Bonchev–Trinajstić information content (AvgIpc) is 3.17. The van der Waals surface area contributed by atoms with Crippen molar-refractivity contribution in [2.75, 3.05) is 6.61 Å². The van der Waals surface area contributed by atoms with E-state index in [1.165, 1.54) is 0 Å². The van der Waals surface area contributed by atoms with Gasteiger partial charge in [-0.05, 0) is 31.7 Å². The number of ether oxygens (including phenoxy) is 1. The lowest BCUT2D eigenvalue weighted by molar-refractivity contribution is -0.0670. The van der Waals surface area contributed by atoms with E-state index in [-0.39, 0.29) is 6.61 Å². The van der Waals surface area contributed by atoms with Crippen LogP contribution in [0, 0.1) is 12.3 Å². The summed E-state index contributed by atoms with van der Waals surface area (Å²) in [5.41, 5.74) is 0.321. The van der Waals surface area contributed by atoms with Crippen LogP contribution < -0.4 is 4.74 Å². The van der Waals surface area contributed by atoms with Gasteiger partial charge in [-0.2, -0.15) is 0 Å². The Morgan fingerprint density at radius 3 is 2.69 bits per heavy atom. The minimum absolute atomic E-state index is 0.281. The second-order valence-electron chi connectivity index (χ2n) is 7.46. The Labute approximate surface area is 154 Å². The highest BCUT2D eigenvalue weighted by atomic mass is 16.5. The molecule has 2 aromatic rings. The van der Waals surface area contributed by atoms with Crippen molar-refractivity contribution in [1.82, 2.24) is 14.5 Å². The first kappa shape index (κ1) is 17.1. The van der Waals surface area contributed by atoms with Crippen LogP contribution in [-0.2, 0) is 19.2 Å². The molecule has 5 heteroatoms. The Bertz CT molecular complexity index is 809. The van der Waals surface area contributed by atoms with Crippen LogP contribution in [0.25, 0.3) is 0 Å². The molecule has 136 valence electrons. The van der Waals surface area contributed by atoms with E-state index in [4.69, 9.17) is 11.2 Å². The van der Waals surface area contributed by atoms with E-state index in [2.05, 4.69) is 21.9 Å². The second kappa shape index (κ2) is 6.79. The Hall–Kier alpha value is -2.29. The third-order valence-corrected chi connectivity index (χ3v) is 5.79. The maximum absolute atomic E-state index is 11.3. The van der Waals surface area contributed by atoms with Gasteiger partial charge >= 0.3 is 0 Å². The molecule has 0 radical (unpaired) electrons. The first-order valence-corrected chi connectivity index (χ1v) is 9.21. The molecule has 1 aromatic heterocycles. The number of aryl methyl sites for hydroxylation is 1. The number of terminal acetylenes is 1. The number of para-hydroxylation sites is 1. The lowest BCUT2D eigenvalue weighted by Crippen LogP contribution is -2.50. The summed E-state index contributed by atoms with van der Waals surface area (Å²) >= 11 is 0. The smallest absolute Gasteiger partial charge is 0.148 e. The van der Waals surface area contributed by atoms with Gasteiger partial charge in [0.2, 0.25) is 0 Å². The summed E-state index contributed by atoms with van der Waals surface area (Å²) in [6.07, 6.45) is 12.7. The number of aromatic nitrogens is 2. The Balaban J connectivity index is 1.53. The Morgan fingerprint density at radius 2 is 2.04 bits per heavy atom. The van der Waals surface area contributed by atoms with Crippen LogP contribution in [-0.4, -0.2) is 38.2 Å². The molecule has 1 aromatic carbocycles. The molecule has 2 aliphatic heterocycles. The van der Waals surface area contributed by atoms with Gasteiger partial charge in [0.25, 0.3) is 0 Å². The van der Waals surface area contributed by atoms with Gasteiger partial charge in [-0.15, -0.1) is 6.42 Å². The summed E-state index contributed by atoms with van der Waals surface area (Å²) in [6.45, 7) is 1.11. The number of piperidine rings is 1. The molecule has 3 atom stereocenters. The summed E-state index contributed by atoms with van der Waals surface area (Å²) in [7, 11) is 1.95. The highest BCUT2D eigenvalue weighted by Crippen LogP contribution is 2.46. The van der Waals surface area contributed by atoms with Crippen molar-refractivity contribution in [2.24, 2.45) is 7.05 Å². The number of hydrogen-bond donors (Lipinski definition) is 1. The fourth-order valence-corrected chi connectivity index (χ4v) is 4.66. The van der Waals surface area contributed by atoms with E-state index in [1.54, 1.807) is 6.20 Å². The number of benzene rings is 1. The summed E-state index contributed by atoms with van der Waals surface area (Å²) in [4.78, 5) is 6.94. The topological polar surface area (TPSA) is 50.5 Å². The molecular weight excluding hydrogens is 326 g/mol. The molecule has 1 N–H and O–H groups in total. The fourth-order valence-electron chi connectivity index (χ4n) is 4.66. The summed E-state index contributed by atoms with van der Waals surface area (Å²) < 4.78 is 7.65. The van der Waals surface area contributed by atoms with E-state index >= 15 is 0 Å². The van der Waals surface area contributed by atoms with Crippen molar-refractivity contribution in [3.05, 3.63) is 48.0 Å². The van der Waals surface area contributed by atoms with Gasteiger partial charge in [-0.3, -0.25) is 4.90 Å². The van der Waals surface area contributed by atoms with Crippen molar-refractivity contribution in [2.45, 2.75) is 49.9 Å². The number of rotatable bonds is 5. The minimum atomic E-state index is -0.833. The molecule has 5 nitrogen and oxygen atoms in total. The van der Waals surface area contributed by atoms with Crippen LogP contribution in [0.1, 0.15) is 37.1 Å². The van der Waals surface area contributed by atoms with Gasteiger partial charge in [0.1, 0.15) is 23.8 Å². The van der Waals surface area contributed by atoms with Crippen LogP contribution in [0.5, 0.6) is 5.75 Å². The molecule has 0 spiro atoms. The average molecular weight is 351 g/mol. The van der Waals surface area contributed by atoms with E-state index in [9.17, 15) is 5.11 Å². The lowest BCUT2D eigenvalue weighted by atomic mass is 9.85. The van der Waals surface area contributed by atoms with Crippen LogP contribution in [0.2, 0.25) is 0 Å². The molecular formula is C21H25N3O2. The predicted molar refractivity (Wildman–Crippen MR) is 99.5 cm³/mol. The van der Waals surface area contributed by atoms with Crippen molar-refractivity contribution in [1.29, 1.82) is 0 Å². The quantitative estimate of drug-likeness (QED) is 0.841. The summed E-state index contributed by atoms with van der Waals surface area (Å²) in [5.74, 6) is 4.17. The van der Waals surface area contributed by atoms with E-state index in [0.29, 0.717) is 12.1 Å². The number of nitrogens with zero attached hydrogens (tertiary/aromatic N) is 3. The maximum atomic E-state index is 11.3. The molecule has 2 aliphatic rings. The Morgan fingerprint density at radius 1 is 1.31 bits per heavy atom. The van der Waals surface area contributed by atoms with E-state index < -0.39 is 5.60 Å². The van der Waals surface area contributed by atoms with Gasteiger partial charge in [-0.1, -0.05) is 24.1 Å². The minimum Gasteiger partial charge on any atom is -0.481 e. The van der Waals surface area contributed by atoms with Crippen molar-refractivity contribution in [3.8, 4) is 18.1 Å². The zero-order chi connectivity index (χ0) is 18.1. The van der Waals surface area contributed by atoms with Crippen LogP contribution in [0.4, 0.5) is 0 Å². The van der Waals surface area contributed by atoms with Crippen molar-refractivity contribution < 1.29 is 9.84 Å². The van der Waals surface area contributed by atoms with Gasteiger partial charge in [0, 0.05) is 43.6 Å². The fraction of sp³-hybridized carbons (Fsp3) is 0.476. The molecule has 0 aliphatic carbocycles. The predicted octanol–water partition coefficient (Wildman–Crippen LogP) is 2.45.